The van der Waals surface area contributed by atoms with Gasteiger partial charge in [-0.2, -0.15) is 0 Å². The number of piperidine rings is 1. The lowest BCUT2D eigenvalue weighted by Crippen LogP contribution is -2.44. The second-order valence-corrected chi connectivity index (χ2v) is 13.0. The molecule has 3 aliphatic rings. The Bertz CT molecular complexity index is 1050. The van der Waals surface area contributed by atoms with Crippen LogP contribution in [0.3, 0.4) is 0 Å². The van der Waals surface area contributed by atoms with Gasteiger partial charge in [-0.05, 0) is 94.7 Å². The highest BCUT2D eigenvalue weighted by atomic mass is 16.1. The highest BCUT2D eigenvalue weighted by molar-refractivity contribution is 5.78. The van der Waals surface area contributed by atoms with Crippen molar-refractivity contribution < 1.29 is 9.59 Å². The van der Waals surface area contributed by atoms with Crippen LogP contribution in [-0.2, 0) is 4.79 Å². The van der Waals surface area contributed by atoms with Gasteiger partial charge < -0.3 is 19.9 Å². The molecule has 2 fully saturated rings. The van der Waals surface area contributed by atoms with Gasteiger partial charge in [-0.1, -0.05) is 75.6 Å². The number of rotatable bonds is 10. The van der Waals surface area contributed by atoms with E-state index in [1.807, 2.05) is 25.1 Å². The Balaban J connectivity index is 0.000000428. The molecule has 6 nitrogen and oxygen atoms in total. The topological polar surface area (TPSA) is 55.9 Å². The number of benzene rings is 1. The maximum absolute atomic E-state index is 11.7. The Hall–Kier alpha value is -2.54. The minimum absolute atomic E-state index is 0.0843. The van der Waals surface area contributed by atoms with Crippen LogP contribution >= 0.6 is 0 Å². The van der Waals surface area contributed by atoms with Gasteiger partial charge in [0.1, 0.15) is 12.6 Å². The minimum Gasteiger partial charge on any atom is -0.366 e. The Morgan fingerprint density at radius 3 is 2.37 bits per heavy atom. The molecule has 2 unspecified atom stereocenters. The monoisotopic (exact) mass is 590 g/mol. The van der Waals surface area contributed by atoms with Crippen LogP contribution in [0.2, 0.25) is 0 Å². The second-order valence-electron chi connectivity index (χ2n) is 13.0. The number of hydrogen-bond acceptors (Lipinski definition) is 6. The third-order valence-corrected chi connectivity index (χ3v) is 9.51. The van der Waals surface area contributed by atoms with Gasteiger partial charge in [-0.15, -0.1) is 0 Å². The summed E-state index contributed by atoms with van der Waals surface area (Å²) in [5.74, 6) is 2.07. The van der Waals surface area contributed by atoms with Gasteiger partial charge in [0, 0.05) is 43.5 Å². The third-order valence-electron chi connectivity index (χ3n) is 9.51. The van der Waals surface area contributed by atoms with Crippen molar-refractivity contribution in [1.29, 1.82) is 0 Å². The van der Waals surface area contributed by atoms with Gasteiger partial charge in [0.25, 0.3) is 0 Å². The molecule has 2 heterocycles. The fourth-order valence-corrected chi connectivity index (χ4v) is 7.03. The summed E-state index contributed by atoms with van der Waals surface area (Å²) >= 11 is 0. The van der Waals surface area contributed by atoms with E-state index in [0.717, 1.165) is 49.4 Å². The van der Waals surface area contributed by atoms with E-state index in [2.05, 4.69) is 71.9 Å². The van der Waals surface area contributed by atoms with E-state index in [1.54, 1.807) is 0 Å². The van der Waals surface area contributed by atoms with E-state index in [0.29, 0.717) is 23.9 Å². The Kier molecular flexibility index (Phi) is 15.4. The molecule has 238 valence electrons. The summed E-state index contributed by atoms with van der Waals surface area (Å²) in [7, 11) is 4.31. The van der Waals surface area contributed by atoms with Crippen molar-refractivity contribution in [3.63, 3.8) is 0 Å². The summed E-state index contributed by atoms with van der Waals surface area (Å²) in [5.41, 5.74) is 4.34. The van der Waals surface area contributed by atoms with E-state index in [4.69, 9.17) is 0 Å². The average Bonchev–Trinajstić information content (AvgIpc) is 3.30. The van der Waals surface area contributed by atoms with Crippen molar-refractivity contribution in [2.45, 2.75) is 77.2 Å². The zero-order valence-corrected chi connectivity index (χ0v) is 27.5. The van der Waals surface area contributed by atoms with Gasteiger partial charge in [-0.3, -0.25) is 9.69 Å². The van der Waals surface area contributed by atoms with Crippen LogP contribution in [0.4, 0.5) is 5.69 Å². The molecular formula is C37H58N4O2. The van der Waals surface area contributed by atoms with E-state index in [-0.39, 0.29) is 6.04 Å². The summed E-state index contributed by atoms with van der Waals surface area (Å²) in [5, 5.41) is 3.37. The first kappa shape index (κ1) is 34.9. The normalized spacial score (nSPS) is 22.1. The van der Waals surface area contributed by atoms with Crippen LogP contribution < -0.4 is 10.2 Å². The fraction of sp³-hybridized carbons (Fsp3) is 0.622. The van der Waals surface area contributed by atoms with Crippen molar-refractivity contribution >= 4 is 18.3 Å². The molecular weight excluding hydrogens is 532 g/mol. The van der Waals surface area contributed by atoms with Crippen molar-refractivity contribution in [3.05, 3.63) is 65.8 Å². The predicted molar refractivity (Wildman–Crippen MR) is 182 cm³/mol. The number of allylic oxidation sites excluding steroid dienone is 1. The SMILES string of the molecule is C=CC1=CC(/C=C\C)N(CC=O)CCN(c2cc(C=O)ccc2C(C)C2CCCCCC2)C1.CN(C)CC1CCNCC1. The first-order chi connectivity index (χ1) is 20.9. The molecule has 2 aliphatic heterocycles. The molecule has 2 atom stereocenters. The predicted octanol–water partition coefficient (Wildman–Crippen LogP) is 6.50. The maximum Gasteiger partial charge on any atom is 0.150 e. The van der Waals surface area contributed by atoms with Crippen LogP contribution in [0.5, 0.6) is 0 Å². The molecule has 0 amide bonds. The number of nitrogens with zero attached hydrogens (tertiary/aromatic N) is 3. The first-order valence-electron chi connectivity index (χ1n) is 16.7. The third kappa shape index (κ3) is 11.2. The summed E-state index contributed by atoms with van der Waals surface area (Å²) in [6.45, 7) is 14.9. The number of carbonyl (C=O) groups excluding carboxylic acids is 2. The van der Waals surface area contributed by atoms with Gasteiger partial charge >= 0.3 is 0 Å². The maximum atomic E-state index is 11.7. The Morgan fingerprint density at radius 2 is 1.77 bits per heavy atom. The van der Waals surface area contributed by atoms with Gasteiger partial charge in [0.2, 0.25) is 0 Å². The summed E-state index contributed by atoms with van der Waals surface area (Å²) < 4.78 is 0. The fourth-order valence-electron chi connectivity index (χ4n) is 7.03. The molecule has 1 saturated carbocycles. The molecule has 1 aromatic carbocycles. The number of anilines is 1. The zero-order valence-electron chi connectivity index (χ0n) is 27.5. The van der Waals surface area contributed by atoms with E-state index >= 15 is 0 Å². The zero-order chi connectivity index (χ0) is 31.0. The lowest BCUT2D eigenvalue weighted by atomic mass is 9.81. The average molecular weight is 591 g/mol. The minimum atomic E-state index is 0.0843. The second kappa shape index (κ2) is 19.0. The lowest BCUT2D eigenvalue weighted by molar-refractivity contribution is -0.109. The van der Waals surface area contributed by atoms with Crippen LogP contribution in [-0.4, -0.2) is 88.3 Å². The summed E-state index contributed by atoms with van der Waals surface area (Å²) in [6.07, 6.45) is 20.8. The standard InChI is InChI=1S/C29H40N2O2.C8H18N2/c1-4-10-27-19-24(5-2)21-31(16-15-30(27)17-18-32)29-20-25(22-33)13-14-28(29)23(3)26-11-8-6-7-9-12-26;1-10(2)7-8-3-5-9-6-4-8/h4-5,10,13-14,18-20,22-23,26-27H,2,6-9,11-12,15-17,21H2,1,3H3;8-9H,3-7H2,1-2H3/b10-4-,24-19?;. The Labute approximate surface area is 262 Å². The number of hydrogen-bond donors (Lipinski definition) is 1. The van der Waals surface area contributed by atoms with E-state index in [1.165, 1.54) is 76.6 Å². The molecule has 0 aromatic heterocycles. The molecule has 6 heteroatoms. The first-order valence-corrected chi connectivity index (χ1v) is 16.7. The van der Waals surface area contributed by atoms with E-state index in [9.17, 15) is 9.59 Å². The highest BCUT2D eigenvalue weighted by Gasteiger charge is 2.26. The van der Waals surface area contributed by atoms with Gasteiger partial charge in [0.15, 0.2) is 0 Å². The largest absolute Gasteiger partial charge is 0.366 e. The van der Waals surface area contributed by atoms with Crippen LogP contribution in [0.15, 0.2) is 54.7 Å². The quantitative estimate of drug-likeness (QED) is 0.191. The van der Waals surface area contributed by atoms with Crippen LogP contribution in [0, 0.1) is 11.8 Å². The smallest absolute Gasteiger partial charge is 0.150 e. The van der Waals surface area contributed by atoms with Crippen molar-refractivity contribution in [1.82, 2.24) is 15.1 Å². The Morgan fingerprint density at radius 1 is 1.05 bits per heavy atom. The molecule has 1 N–H and O–H groups in total. The van der Waals surface area contributed by atoms with Gasteiger partial charge in [-0.25, -0.2) is 0 Å². The molecule has 43 heavy (non-hydrogen) atoms. The summed E-state index contributed by atoms with van der Waals surface area (Å²) in [6, 6.07) is 6.29. The molecule has 4 rings (SSSR count). The lowest BCUT2D eigenvalue weighted by Gasteiger charge is -2.37. The molecule has 1 aromatic rings. The molecule has 1 aliphatic carbocycles. The van der Waals surface area contributed by atoms with Crippen molar-refractivity contribution in [2.24, 2.45) is 11.8 Å². The van der Waals surface area contributed by atoms with E-state index < -0.39 is 0 Å². The molecule has 0 bridgehead atoms. The highest BCUT2D eigenvalue weighted by Crippen LogP contribution is 2.39. The number of nitrogens with one attached hydrogen (secondary N) is 1. The number of aldehydes is 2. The number of carbonyl (C=O) groups is 2. The van der Waals surface area contributed by atoms with Crippen LogP contribution in [0.1, 0.15) is 87.1 Å². The molecule has 0 radical (unpaired) electrons. The van der Waals surface area contributed by atoms with Crippen molar-refractivity contribution in [2.75, 3.05) is 64.8 Å². The van der Waals surface area contributed by atoms with Crippen molar-refractivity contribution in [3.8, 4) is 0 Å². The van der Waals surface area contributed by atoms with Crippen LogP contribution in [0.25, 0.3) is 0 Å². The molecule has 0 spiro atoms. The summed E-state index contributed by atoms with van der Waals surface area (Å²) in [4.78, 5) is 29.9. The van der Waals surface area contributed by atoms with Gasteiger partial charge in [0.05, 0.1) is 6.54 Å². The molecule has 1 saturated heterocycles.